The van der Waals surface area contributed by atoms with Crippen LogP contribution in [-0.4, -0.2) is 57.5 Å². The molecule has 1 N–H and O–H groups in total. The Labute approximate surface area is 106 Å². The van der Waals surface area contributed by atoms with Crippen LogP contribution in [0.15, 0.2) is 0 Å². The number of sulfone groups is 1. The van der Waals surface area contributed by atoms with Crippen LogP contribution in [0.2, 0.25) is 0 Å². The second kappa shape index (κ2) is 6.71. The van der Waals surface area contributed by atoms with Crippen LogP contribution < -0.4 is 5.32 Å². The Morgan fingerprint density at radius 3 is 2.65 bits per heavy atom. The molecule has 0 radical (unpaired) electrons. The summed E-state index contributed by atoms with van der Waals surface area (Å²) >= 11 is 0. The molecule has 1 aliphatic heterocycles. The van der Waals surface area contributed by atoms with Gasteiger partial charge in [-0.1, -0.05) is 13.8 Å². The largest absolute Gasteiger partial charge is 0.312 e. The first kappa shape index (κ1) is 14.9. The molecule has 0 amide bonds. The van der Waals surface area contributed by atoms with Gasteiger partial charge in [0, 0.05) is 12.6 Å². The molecule has 0 saturated carbocycles. The van der Waals surface area contributed by atoms with Gasteiger partial charge >= 0.3 is 0 Å². The van der Waals surface area contributed by atoms with Crippen molar-refractivity contribution in [3.8, 4) is 0 Å². The highest BCUT2D eigenvalue weighted by Crippen LogP contribution is 2.07. The Morgan fingerprint density at radius 1 is 1.35 bits per heavy atom. The van der Waals surface area contributed by atoms with Crippen LogP contribution in [0.1, 0.15) is 26.7 Å². The predicted molar refractivity (Wildman–Crippen MR) is 72.0 cm³/mol. The van der Waals surface area contributed by atoms with Crippen LogP contribution >= 0.6 is 0 Å². The predicted octanol–water partition coefficient (Wildman–Crippen LogP) is 0.741. The summed E-state index contributed by atoms with van der Waals surface area (Å²) in [6, 6.07) is 0.148. The molecule has 0 bridgehead atoms. The topological polar surface area (TPSA) is 49.4 Å². The van der Waals surface area contributed by atoms with Gasteiger partial charge in [-0.15, -0.1) is 0 Å². The molecule has 1 unspecified atom stereocenters. The van der Waals surface area contributed by atoms with Crippen molar-refractivity contribution in [1.82, 2.24) is 10.2 Å². The maximum atomic E-state index is 11.5. The molecule has 1 atom stereocenters. The molecule has 5 heteroatoms. The van der Waals surface area contributed by atoms with Gasteiger partial charge in [0.1, 0.15) is 0 Å². The zero-order valence-corrected chi connectivity index (χ0v) is 12.1. The summed E-state index contributed by atoms with van der Waals surface area (Å²) in [5.41, 5.74) is 0. The lowest BCUT2D eigenvalue weighted by atomic mass is 10.1. The summed E-state index contributed by atoms with van der Waals surface area (Å²) in [7, 11) is -0.676. The van der Waals surface area contributed by atoms with Crippen molar-refractivity contribution in [2.24, 2.45) is 5.92 Å². The minimum Gasteiger partial charge on any atom is -0.312 e. The number of hydrogen-bond donors (Lipinski definition) is 1. The van der Waals surface area contributed by atoms with Gasteiger partial charge in [-0.05, 0) is 38.9 Å². The van der Waals surface area contributed by atoms with E-state index in [2.05, 4.69) is 31.1 Å². The van der Waals surface area contributed by atoms with Crippen molar-refractivity contribution in [2.75, 3.05) is 38.2 Å². The summed E-state index contributed by atoms with van der Waals surface area (Å²) < 4.78 is 22.9. The first-order chi connectivity index (χ1) is 7.89. The lowest BCUT2D eigenvalue weighted by Gasteiger charge is -2.26. The third-order valence-electron chi connectivity index (χ3n) is 3.25. The van der Waals surface area contributed by atoms with E-state index in [1.54, 1.807) is 0 Å². The zero-order chi connectivity index (χ0) is 12.9. The van der Waals surface area contributed by atoms with Crippen LogP contribution in [0.5, 0.6) is 0 Å². The molecule has 0 aliphatic carbocycles. The molecule has 0 aromatic heterocycles. The van der Waals surface area contributed by atoms with E-state index in [4.69, 9.17) is 0 Å². The Kier molecular flexibility index (Phi) is 5.89. The molecular weight excluding hydrogens is 236 g/mol. The van der Waals surface area contributed by atoms with Gasteiger partial charge in [-0.25, -0.2) is 8.42 Å². The monoisotopic (exact) mass is 262 g/mol. The van der Waals surface area contributed by atoms with E-state index in [-0.39, 0.29) is 6.04 Å². The van der Waals surface area contributed by atoms with Crippen molar-refractivity contribution in [3.63, 3.8) is 0 Å². The van der Waals surface area contributed by atoms with Gasteiger partial charge in [0.25, 0.3) is 0 Å². The van der Waals surface area contributed by atoms with Crippen molar-refractivity contribution in [1.29, 1.82) is 0 Å². The highest BCUT2D eigenvalue weighted by atomic mass is 32.2. The van der Waals surface area contributed by atoms with E-state index in [1.807, 2.05) is 0 Å². The van der Waals surface area contributed by atoms with Crippen LogP contribution in [0.4, 0.5) is 0 Å². The normalized spacial score (nSPS) is 24.4. The molecule has 0 aromatic carbocycles. The standard InChI is InChI=1S/C12H26N2O2S/c1-11(2)4-7-14(3)8-5-12-10-17(15,16)9-6-13-12/h11-13H,4-10H2,1-3H3. The zero-order valence-electron chi connectivity index (χ0n) is 11.3. The first-order valence-electron chi connectivity index (χ1n) is 6.51. The fourth-order valence-corrected chi connectivity index (χ4v) is 3.51. The Balaban J connectivity index is 2.21. The molecule has 17 heavy (non-hydrogen) atoms. The SMILES string of the molecule is CC(C)CCN(C)CCC1CS(=O)(=O)CCN1. The molecule has 102 valence electrons. The molecule has 4 nitrogen and oxygen atoms in total. The Morgan fingerprint density at radius 2 is 2.06 bits per heavy atom. The van der Waals surface area contributed by atoms with Crippen LogP contribution in [0.3, 0.4) is 0 Å². The van der Waals surface area contributed by atoms with E-state index in [1.165, 1.54) is 6.42 Å². The molecule has 1 aliphatic rings. The maximum absolute atomic E-state index is 11.5. The fourth-order valence-electron chi connectivity index (χ4n) is 2.02. The molecule has 1 heterocycles. The fraction of sp³-hybridized carbons (Fsp3) is 1.00. The molecule has 0 aromatic rings. The van der Waals surface area contributed by atoms with Gasteiger partial charge < -0.3 is 10.2 Å². The Hall–Kier alpha value is -0.130. The number of nitrogens with one attached hydrogen (secondary N) is 1. The number of hydrogen-bond acceptors (Lipinski definition) is 4. The van der Waals surface area contributed by atoms with Gasteiger partial charge in [0.2, 0.25) is 0 Å². The van der Waals surface area contributed by atoms with E-state index < -0.39 is 9.84 Å². The summed E-state index contributed by atoms with van der Waals surface area (Å²) in [5, 5.41) is 3.29. The van der Waals surface area contributed by atoms with Crippen molar-refractivity contribution in [3.05, 3.63) is 0 Å². The van der Waals surface area contributed by atoms with Crippen molar-refractivity contribution < 1.29 is 8.42 Å². The van der Waals surface area contributed by atoms with Gasteiger partial charge in [-0.2, -0.15) is 0 Å². The van der Waals surface area contributed by atoms with Gasteiger partial charge in [-0.3, -0.25) is 0 Å². The summed E-state index contributed by atoms with van der Waals surface area (Å²) in [6.45, 7) is 7.13. The lowest BCUT2D eigenvalue weighted by Crippen LogP contribution is -2.46. The highest BCUT2D eigenvalue weighted by molar-refractivity contribution is 7.91. The van der Waals surface area contributed by atoms with E-state index in [0.717, 1.165) is 25.4 Å². The minimum atomic E-state index is -2.79. The average Bonchev–Trinajstić information content (AvgIpc) is 2.22. The molecule has 0 spiro atoms. The molecule has 1 rings (SSSR count). The van der Waals surface area contributed by atoms with Crippen LogP contribution in [0.25, 0.3) is 0 Å². The molecular formula is C12H26N2O2S. The second-order valence-electron chi connectivity index (χ2n) is 5.54. The number of nitrogens with zero attached hydrogens (tertiary/aromatic N) is 1. The van der Waals surface area contributed by atoms with E-state index in [0.29, 0.717) is 18.1 Å². The van der Waals surface area contributed by atoms with Crippen molar-refractivity contribution in [2.45, 2.75) is 32.7 Å². The highest BCUT2D eigenvalue weighted by Gasteiger charge is 2.23. The second-order valence-corrected chi connectivity index (χ2v) is 7.77. The minimum absolute atomic E-state index is 0.148. The average molecular weight is 262 g/mol. The van der Waals surface area contributed by atoms with Gasteiger partial charge in [0.05, 0.1) is 11.5 Å². The molecule has 1 fully saturated rings. The summed E-state index contributed by atoms with van der Waals surface area (Å²) in [5.74, 6) is 1.34. The number of rotatable bonds is 6. The lowest BCUT2D eigenvalue weighted by molar-refractivity contribution is 0.292. The van der Waals surface area contributed by atoms with Crippen molar-refractivity contribution >= 4 is 9.84 Å². The maximum Gasteiger partial charge on any atom is 0.153 e. The third kappa shape index (κ3) is 6.38. The third-order valence-corrected chi connectivity index (χ3v) is 4.99. The van der Waals surface area contributed by atoms with Crippen LogP contribution in [0, 0.1) is 5.92 Å². The Bertz CT molecular complexity index is 314. The first-order valence-corrected chi connectivity index (χ1v) is 8.33. The molecule has 1 saturated heterocycles. The summed E-state index contributed by atoms with van der Waals surface area (Å²) in [4.78, 5) is 2.29. The summed E-state index contributed by atoms with van der Waals surface area (Å²) in [6.07, 6.45) is 2.13. The van der Waals surface area contributed by atoms with Gasteiger partial charge in [0.15, 0.2) is 9.84 Å². The smallest absolute Gasteiger partial charge is 0.153 e. The van der Waals surface area contributed by atoms with E-state index >= 15 is 0 Å². The van der Waals surface area contributed by atoms with E-state index in [9.17, 15) is 8.42 Å². The quantitative estimate of drug-likeness (QED) is 0.767. The van der Waals surface area contributed by atoms with Crippen LogP contribution in [-0.2, 0) is 9.84 Å².